The fraction of sp³-hybridized carbons (Fsp3) is 1.00. The van der Waals surface area contributed by atoms with E-state index in [0.717, 1.165) is 44.8 Å². The molecule has 2 fully saturated rings. The fourth-order valence-corrected chi connectivity index (χ4v) is 2.99. The van der Waals surface area contributed by atoms with Gasteiger partial charge in [-0.1, -0.05) is 6.92 Å². The Balaban J connectivity index is 1.73. The summed E-state index contributed by atoms with van der Waals surface area (Å²) in [7, 11) is 0. The largest absolute Gasteiger partial charge is 0.389 e. The minimum atomic E-state index is -0.450. The zero-order valence-corrected chi connectivity index (χ0v) is 11.2. The summed E-state index contributed by atoms with van der Waals surface area (Å²) in [6.45, 7) is 6.03. The van der Waals surface area contributed by atoms with Crippen molar-refractivity contribution in [3.05, 3.63) is 0 Å². The third-order valence-electron chi connectivity index (χ3n) is 4.41. The van der Waals surface area contributed by atoms with Crippen LogP contribution in [0.25, 0.3) is 0 Å². The van der Waals surface area contributed by atoms with Crippen molar-refractivity contribution in [2.75, 3.05) is 13.2 Å². The Hall–Kier alpha value is -0.120. The van der Waals surface area contributed by atoms with Crippen molar-refractivity contribution in [3.63, 3.8) is 0 Å². The van der Waals surface area contributed by atoms with Crippen molar-refractivity contribution in [1.29, 1.82) is 0 Å². The lowest BCUT2D eigenvalue weighted by Crippen LogP contribution is -2.48. The molecule has 1 heterocycles. The molecule has 3 heteroatoms. The molecule has 2 aliphatic rings. The molecule has 0 radical (unpaired) electrons. The van der Waals surface area contributed by atoms with Crippen LogP contribution in [0.4, 0.5) is 0 Å². The first-order chi connectivity index (χ1) is 8.07. The van der Waals surface area contributed by atoms with E-state index in [1.165, 1.54) is 12.8 Å². The first-order valence-corrected chi connectivity index (χ1v) is 7.15. The van der Waals surface area contributed by atoms with Gasteiger partial charge in [-0.15, -0.1) is 0 Å². The molecule has 0 aromatic carbocycles. The predicted molar refractivity (Wildman–Crippen MR) is 69.0 cm³/mol. The van der Waals surface area contributed by atoms with E-state index in [4.69, 9.17) is 4.74 Å². The van der Waals surface area contributed by atoms with Gasteiger partial charge in [0.15, 0.2) is 0 Å². The standard InChI is InChI=1S/C14H27NO2/c1-11-3-6-14(16,7-4-11)10-15-13-5-8-17-12(2)9-13/h11-13,15-16H,3-10H2,1-2H3. The molecule has 1 aliphatic carbocycles. The summed E-state index contributed by atoms with van der Waals surface area (Å²) in [5.41, 5.74) is -0.450. The van der Waals surface area contributed by atoms with Crippen molar-refractivity contribution < 1.29 is 9.84 Å². The normalized spacial score (nSPS) is 43.6. The van der Waals surface area contributed by atoms with Gasteiger partial charge >= 0.3 is 0 Å². The molecule has 100 valence electrons. The first-order valence-electron chi connectivity index (χ1n) is 7.15. The third kappa shape index (κ3) is 3.94. The van der Waals surface area contributed by atoms with E-state index in [1.54, 1.807) is 0 Å². The summed E-state index contributed by atoms with van der Waals surface area (Å²) in [4.78, 5) is 0. The van der Waals surface area contributed by atoms with Crippen LogP contribution in [0.2, 0.25) is 0 Å². The van der Waals surface area contributed by atoms with Crippen LogP contribution in [0.3, 0.4) is 0 Å². The zero-order chi connectivity index (χ0) is 12.3. The van der Waals surface area contributed by atoms with Gasteiger partial charge in [-0.05, 0) is 51.4 Å². The maximum atomic E-state index is 10.5. The highest BCUT2D eigenvalue weighted by Crippen LogP contribution is 2.31. The molecule has 0 bridgehead atoms. The molecule has 0 aromatic rings. The number of hydrogen-bond donors (Lipinski definition) is 2. The quantitative estimate of drug-likeness (QED) is 0.795. The van der Waals surface area contributed by atoms with Crippen LogP contribution in [0.5, 0.6) is 0 Å². The van der Waals surface area contributed by atoms with Crippen LogP contribution < -0.4 is 5.32 Å². The lowest BCUT2D eigenvalue weighted by atomic mass is 9.79. The maximum absolute atomic E-state index is 10.5. The van der Waals surface area contributed by atoms with E-state index in [9.17, 15) is 5.11 Å². The van der Waals surface area contributed by atoms with E-state index in [2.05, 4.69) is 19.2 Å². The lowest BCUT2D eigenvalue weighted by molar-refractivity contribution is -0.0211. The molecule has 2 unspecified atom stereocenters. The van der Waals surface area contributed by atoms with E-state index in [0.29, 0.717) is 12.1 Å². The molecule has 1 aliphatic heterocycles. The summed E-state index contributed by atoms with van der Waals surface area (Å²) in [6, 6.07) is 0.530. The van der Waals surface area contributed by atoms with E-state index >= 15 is 0 Å². The van der Waals surface area contributed by atoms with Gasteiger partial charge < -0.3 is 15.2 Å². The highest BCUT2D eigenvalue weighted by molar-refractivity contribution is 4.88. The average molecular weight is 241 g/mol. The van der Waals surface area contributed by atoms with Crippen LogP contribution in [0.1, 0.15) is 52.4 Å². The molecule has 1 saturated heterocycles. The average Bonchev–Trinajstić information content (AvgIpc) is 2.31. The number of hydrogen-bond acceptors (Lipinski definition) is 3. The molecule has 2 rings (SSSR count). The highest BCUT2D eigenvalue weighted by Gasteiger charge is 2.32. The smallest absolute Gasteiger partial charge is 0.0771 e. The van der Waals surface area contributed by atoms with Gasteiger partial charge in [0, 0.05) is 19.2 Å². The van der Waals surface area contributed by atoms with Crippen LogP contribution in [-0.4, -0.2) is 36.0 Å². The summed E-state index contributed by atoms with van der Waals surface area (Å²) < 4.78 is 5.54. The Kier molecular flexibility index (Phi) is 4.45. The molecular weight excluding hydrogens is 214 g/mol. The lowest BCUT2D eigenvalue weighted by Gasteiger charge is -2.37. The van der Waals surface area contributed by atoms with Gasteiger partial charge in [0.1, 0.15) is 0 Å². The summed E-state index contributed by atoms with van der Waals surface area (Å²) in [5.74, 6) is 0.790. The molecule has 17 heavy (non-hydrogen) atoms. The van der Waals surface area contributed by atoms with Crippen LogP contribution in [-0.2, 0) is 4.74 Å². The maximum Gasteiger partial charge on any atom is 0.0771 e. The second-order valence-corrected chi connectivity index (χ2v) is 6.19. The summed E-state index contributed by atoms with van der Waals surface area (Å²) >= 11 is 0. The molecule has 2 N–H and O–H groups in total. The molecule has 2 atom stereocenters. The van der Waals surface area contributed by atoms with Gasteiger partial charge in [0.2, 0.25) is 0 Å². The SMILES string of the molecule is CC1CCC(O)(CNC2CCOC(C)C2)CC1. The van der Waals surface area contributed by atoms with Crippen LogP contribution in [0, 0.1) is 5.92 Å². The van der Waals surface area contributed by atoms with Crippen molar-refractivity contribution >= 4 is 0 Å². The van der Waals surface area contributed by atoms with Crippen LogP contribution in [0.15, 0.2) is 0 Å². The highest BCUT2D eigenvalue weighted by atomic mass is 16.5. The molecule has 3 nitrogen and oxygen atoms in total. The second-order valence-electron chi connectivity index (χ2n) is 6.19. The third-order valence-corrected chi connectivity index (χ3v) is 4.41. The monoisotopic (exact) mass is 241 g/mol. The number of aliphatic hydroxyl groups is 1. The second kappa shape index (κ2) is 5.68. The van der Waals surface area contributed by atoms with Gasteiger partial charge in [0.05, 0.1) is 11.7 Å². The van der Waals surface area contributed by atoms with Crippen LogP contribution >= 0.6 is 0 Å². The Bertz CT molecular complexity index is 236. The van der Waals surface area contributed by atoms with Gasteiger partial charge in [-0.25, -0.2) is 0 Å². The Morgan fingerprint density at radius 2 is 1.94 bits per heavy atom. The molecule has 1 saturated carbocycles. The number of nitrogens with one attached hydrogen (secondary N) is 1. The predicted octanol–water partition coefficient (Wildman–Crippen LogP) is 2.08. The summed E-state index contributed by atoms with van der Waals surface area (Å²) in [5, 5.41) is 14.0. The van der Waals surface area contributed by atoms with E-state index in [1.807, 2.05) is 0 Å². The van der Waals surface area contributed by atoms with Gasteiger partial charge in [-0.3, -0.25) is 0 Å². The minimum absolute atomic E-state index is 0.363. The van der Waals surface area contributed by atoms with E-state index in [-0.39, 0.29) is 0 Å². The van der Waals surface area contributed by atoms with Gasteiger partial charge in [0.25, 0.3) is 0 Å². The van der Waals surface area contributed by atoms with Crippen molar-refractivity contribution in [2.24, 2.45) is 5.92 Å². The summed E-state index contributed by atoms with van der Waals surface area (Å²) in [6.07, 6.45) is 6.77. The molecular formula is C14H27NO2. The number of rotatable bonds is 3. The van der Waals surface area contributed by atoms with Crippen molar-refractivity contribution in [3.8, 4) is 0 Å². The van der Waals surface area contributed by atoms with Crippen molar-refractivity contribution in [2.45, 2.75) is 70.1 Å². The topological polar surface area (TPSA) is 41.5 Å². The molecule has 0 aromatic heterocycles. The van der Waals surface area contributed by atoms with Gasteiger partial charge in [-0.2, -0.15) is 0 Å². The molecule has 0 amide bonds. The zero-order valence-electron chi connectivity index (χ0n) is 11.2. The van der Waals surface area contributed by atoms with Crippen molar-refractivity contribution in [1.82, 2.24) is 5.32 Å². The van der Waals surface area contributed by atoms with E-state index < -0.39 is 5.60 Å². The Labute approximate surface area is 105 Å². The molecule has 0 spiro atoms. The fourth-order valence-electron chi connectivity index (χ4n) is 2.99. The minimum Gasteiger partial charge on any atom is -0.389 e. The Morgan fingerprint density at radius 1 is 1.24 bits per heavy atom. The Morgan fingerprint density at radius 3 is 2.59 bits per heavy atom. The first kappa shape index (κ1) is 13.3. The number of ether oxygens (including phenoxy) is 1.